The van der Waals surface area contributed by atoms with Gasteiger partial charge in [-0.1, -0.05) is 29.8 Å². The van der Waals surface area contributed by atoms with Crippen LogP contribution in [0.15, 0.2) is 24.3 Å². The van der Waals surface area contributed by atoms with E-state index in [-0.39, 0.29) is 5.56 Å². The van der Waals surface area contributed by atoms with Crippen LogP contribution in [0.2, 0.25) is 0 Å². The Kier molecular flexibility index (Phi) is 3.09. The molecule has 1 atom stereocenters. The van der Waals surface area contributed by atoms with Crippen LogP contribution in [0.5, 0.6) is 0 Å². The van der Waals surface area contributed by atoms with Crippen molar-refractivity contribution in [2.45, 2.75) is 25.6 Å². The van der Waals surface area contributed by atoms with E-state index in [4.69, 9.17) is 0 Å². The number of rotatable bonds is 2. The normalized spacial score (nSPS) is 16.1. The van der Waals surface area contributed by atoms with Gasteiger partial charge in [-0.15, -0.1) is 0 Å². The topological polar surface area (TPSA) is 12.0 Å². The van der Waals surface area contributed by atoms with Gasteiger partial charge in [-0.3, -0.25) is 0 Å². The Bertz CT molecular complexity index is 329. The molecule has 0 bridgehead atoms. The van der Waals surface area contributed by atoms with Gasteiger partial charge in [0.25, 0.3) is 0 Å². The van der Waals surface area contributed by atoms with Crippen LogP contribution in [-0.4, -0.2) is 13.2 Å². The van der Waals surface area contributed by atoms with Crippen molar-refractivity contribution < 1.29 is 13.2 Å². The van der Waals surface area contributed by atoms with E-state index in [0.717, 1.165) is 12.5 Å². The summed E-state index contributed by atoms with van der Waals surface area (Å²) in [5.41, 5.74) is -0.816. The molecule has 0 radical (unpaired) electrons. The Morgan fingerprint density at radius 1 is 1.07 bits per heavy atom. The summed E-state index contributed by atoms with van der Waals surface area (Å²) in [6.45, 7) is 2.98. The lowest BCUT2D eigenvalue weighted by Crippen LogP contribution is -2.49. The summed E-state index contributed by atoms with van der Waals surface area (Å²) < 4.78 is 38.5. The quantitative estimate of drug-likeness (QED) is 0.803. The Hall–Kier alpha value is -1.03. The Balaban J connectivity index is 3.18. The second-order valence-electron chi connectivity index (χ2n) is 3.74. The average Bonchev–Trinajstić information content (AvgIpc) is 2.16. The van der Waals surface area contributed by atoms with Crippen molar-refractivity contribution in [3.63, 3.8) is 0 Å². The molecule has 0 aliphatic rings. The van der Waals surface area contributed by atoms with Crippen LogP contribution >= 0.6 is 0 Å². The fraction of sp³-hybridized carbons (Fsp3) is 0.455. The molecule has 1 unspecified atom stereocenters. The van der Waals surface area contributed by atoms with Crippen molar-refractivity contribution >= 4 is 0 Å². The summed E-state index contributed by atoms with van der Waals surface area (Å²) in [7, 11) is 1.31. The zero-order valence-electron chi connectivity index (χ0n) is 8.94. The number of halogens is 3. The number of nitrogens with one attached hydrogen (secondary N) is 1. The van der Waals surface area contributed by atoms with Gasteiger partial charge in [-0.05, 0) is 26.5 Å². The third-order valence-corrected chi connectivity index (χ3v) is 2.70. The van der Waals surface area contributed by atoms with Gasteiger partial charge < -0.3 is 5.32 Å². The highest BCUT2D eigenvalue weighted by Crippen LogP contribution is 2.38. The van der Waals surface area contributed by atoms with E-state index < -0.39 is 11.7 Å². The lowest BCUT2D eigenvalue weighted by molar-refractivity contribution is -0.193. The maximum Gasteiger partial charge on any atom is 0.410 e. The van der Waals surface area contributed by atoms with Crippen LogP contribution in [0.1, 0.15) is 18.1 Å². The fourth-order valence-corrected chi connectivity index (χ4v) is 1.34. The fourth-order valence-electron chi connectivity index (χ4n) is 1.34. The van der Waals surface area contributed by atoms with Crippen LogP contribution in [0.25, 0.3) is 0 Å². The van der Waals surface area contributed by atoms with Gasteiger partial charge in [0.15, 0.2) is 0 Å². The van der Waals surface area contributed by atoms with E-state index in [1.165, 1.54) is 19.2 Å². The van der Waals surface area contributed by atoms with E-state index in [2.05, 4.69) is 5.32 Å². The first-order valence-corrected chi connectivity index (χ1v) is 4.64. The summed E-state index contributed by atoms with van der Waals surface area (Å²) in [6, 6.07) is 6.35. The minimum absolute atomic E-state index is 0.225. The summed E-state index contributed by atoms with van der Waals surface area (Å²) in [4.78, 5) is 0. The molecule has 1 N–H and O–H groups in total. The van der Waals surface area contributed by atoms with Crippen molar-refractivity contribution in [3.8, 4) is 0 Å². The Morgan fingerprint density at radius 2 is 1.53 bits per heavy atom. The molecule has 0 aromatic heterocycles. The highest BCUT2D eigenvalue weighted by atomic mass is 19.4. The van der Waals surface area contributed by atoms with Crippen molar-refractivity contribution in [2.24, 2.45) is 0 Å². The van der Waals surface area contributed by atoms with Crippen molar-refractivity contribution in [3.05, 3.63) is 35.4 Å². The lowest BCUT2D eigenvalue weighted by atomic mass is 9.91. The van der Waals surface area contributed by atoms with E-state index in [1.807, 2.05) is 6.92 Å². The van der Waals surface area contributed by atoms with Crippen molar-refractivity contribution in [1.29, 1.82) is 0 Å². The SMILES string of the molecule is CNC(C)(c1ccc(C)cc1)C(F)(F)F. The van der Waals surface area contributed by atoms with Crippen molar-refractivity contribution in [1.82, 2.24) is 5.32 Å². The second-order valence-corrected chi connectivity index (χ2v) is 3.74. The number of hydrogen-bond donors (Lipinski definition) is 1. The maximum atomic E-state index is 12.8. The lowest BCUT2D eigenvalue weighted by Gasteiger charge is -2.32. The van der Waals surface area contributed by atoms with Crippen LogP contribution in [0.4, 0.5) is 13.2 Å². The number of alkyl halides is 3. The van der Waals surface area contributed by atoms with Gasteiger partial charge >= 0.3 is 6.18 Å². The molecule has 84 valence electrons. The maximum absolute atomic E-state index is 12.8. The largest absolute Gasteiger partial charge is 0.410 e. The van der Waals surface area contributed by atoms with Gasteiger partial charge in [0.1, 0.15) is 5.54 Å². The summed E-state index contributed by atoms with van der Waals surface area (Å²) in [5, 5.41) is 2.33. The third-order valence-electron chi connectivity index (χ3n) is 2.70. The van der Waals surface area contributed by atoms with Gasteiger partial charge in [0.05, 0.1) is 0 Å². The molecule has 0 fully saturated rings. The second kappa shape index (κ2) is 3.85. The molecule has 0 aliphatic heterocycles. The predicted octanol–water partition coefficient (Wildman–Crippen LogP) is 2.99. The molecule has 0 saturated heterocycles. The van der Waals surface area contributed by atoms with Gasteiger partial charge in [-0.25, -0.2) is 0 Å². The number of benzene rings is 1. The summed E-state index contributed by atoms with van der Waals surface area (Å²) in [6.07, 6.45) is -4.31. The third kappa shape index (κ3) is 2.15. The highest BCUT2D eigenvalue weighted by Gasteiger charge is 2.51. The summed E-state index contributed by atoms with van der Waals surface area (Å²) in [5.74, 6) is 0. The van der Waals surface area contributed by atoms with Crippen LogP contribution in [0, 0.1) is 6.92 Å². The number of aryl methyl sites for hydroxylation is 1. The first-order chi connectivity index (χ1) is 6.81. The first kappa shape index (κ1) is 12.0. The average molecular weight is 217 g/mol. The molecule has 0 aliphatic carbocycles. The minimum Gasteiger partial charge on any atom is -0.303 e. The van der Waals surface area contributed by atoms with E-state index in [0.29, 0.717) is 0 Å². The molecule has 0 saturated carbocycles. The van der Waals surface area contributed by atoms with E-state index in [1.54, 1.807) is 12.1 Å². The molecule has 15 heavy (non-hydrogen) atoms. The predicted molar refractivity (Wildman–Crippen MR) is 53.6 cm³/mol. The molecular formula is C11H14F3N. The van der Waals surface area contributed by atoms with E-state index in [9.17, 15) is 13.2 Å². The zero-order valence-corrected chi connectivity index (χ0v) is 8.94. The van der Waals surface area contributed by atoms with Crippen LogP contribution in [0.3, 0.4) is 0 Å². The molecule has 1 aromatic carbocycles. The monoisotopic (exact) mass is 217 g/mol. The molecule has 1 aromatic rings. The van der Waals surface area contributed by atoms with Gasteiger partial charge in [-0.2, -0.15) is 13.2 Å². The smallest absolute Gasteiger partial charge is 0.303 e. The summed E-state index contributed by atoms with van der Waals surface area (Å²) >= 11 is 0. The minimum atomic E-state index is -4.31. The standard InChI is InChI=1S/C11H14F3N/c1-8-4-6-9(7-5-8)10(2,15-3)11(12,13)14/h4-7,15H,1-3H3. The molecule has 0 heterocycles. The molecule has 0 spiro atoms. The Labute approximate surface area is 87.3 Å². The van der Waals surface area contributed by atoms with Gasteiger partial charge in [0, 0.05) is 0 Å². The molecule has 0 amide bonds. The highest BCUT2D eigenvalue weighted by molar-refractivity contribution is 5.28. The van der Waals surface area contributed by atoms with Crippen LogP contribution < -0.4 is 5.32 Å². The zero-order chi connectivity index (χ0) is 11.7. The van der Waals surface area contributed by atoms with Crippen LogP contribution in [-0.2, 0) is 5.54 Å². The molecular weight excluding hydrogens is 203 g/mol. The van der Waals surface area contributed by atoms with E-state index >= 15 is 0 Å². The molecule has 1 nitrogen and oxygen atoms in total. The Morgan fingerprint density at radius 3 is 1.87 bits per heavy atom. The van der Waals surface area contributed by atoms with Gasteiger partial charge in [0.2, 0.25) is 0 Å². The molecule has 4 heteroatoms. The van der Waals surface area contributed by atoms with Crippen molar-refractivity contribution in [2.75, 3.05) is 7.05 Å². The number of hydrogen-bond acceptors (Lipinski definition) is 1. The first-order valence-electron chi connectivity index (χ1n) is 4.64. The molecule has 1 rings (SSSR count).